The fourth-order valence-electron chi connectivity index (χ4n) is 4.14. The summed E-state index contributed by atoms with van der Waals surface area (Å²) in [5, 5.41) is 5.59. The molecule has 1 saturated heterocycles. The zero-order chi connectivity index (χ0) is 23.9. The van der Waals surface area contributed by atoms with Crippen LogP contribution in [-0.4, -0.2) is 51.8 Å². The predicted octanol–water partition coefficient (Wildman–Crippen LogP) is 5.16. The number of aryl methyl sites for hydroxylation is 1. The van der Waals surface area contributed by atoms with Crippen molar-refractivity contribution >= 4 is 33.3 Å². The van der Waals surface area contributed by atoms with Crippen molar-refractivity contribution in [3.05, 3.63) is 70.9 Å². The first-order valence-corrected chi connectivity index (χ1v) is 11.7. The number of anilines is 1. The molecule has 0 atom stereocenters. The molecule has 1 aliphatic heterocycles. The second-order valence-electron chi connectivity index (χ2n) is 8.20. The molecule has 0 bridgehead atoms. The van der Waals surface area contributed by atoms with E-state index in [1.165, 1.54) is 17.4 Å². The molecule has 34 heavy (non-hydrogen) atoms. The third-order valence-electron chi connectivity index (χ3n) is 5.94. The van der Waals surface area contributed by atoms with Gasteiger partial charge in [-0.05, 0) is 43.7 Å². The highest BCUT2D eigenvalue weighted by atomic mass is 32.1. The molecule has 0 spiro atoms. The van der Waals surface area contributed by atoms with Crippen LogP contribution in [0.15, 0.2) is 54.7 Å². The number of amides is 1. The van der Waals surface area contributed by atoms with Gasteiger partial charge in [-0.1, -0.05) is 18.2 Å². The zero-order valence-corrected chi connectivity index (χ0v) is 19.2. The number of benzene rings is 1. The van der Waals surface area contributed by atoms with Crippen molar-refractivity contribution in [1.82, 2.24) is 19.7 Å². The van der Waals surface area contributed by atoms with Crippen molar-refractivity contribution in [2.75, 3.05) is 31.1 Å². The molecular formula is C24H22F3N5OS. The molecule has 3 aromatic heterocycles. The van der Waals surface area contributed by atoms with Crippen LogP contribution in [0.1, 0.15) is 27.3 Å². The van der Waals surface area contributed by atoms with E-state index in [2.05, 4.69) is 10.1 Å². The number of aromatic nitrogens is 3. The highest BCUT2D eigenvalue weighted by molar-refractivity contribution is 7.20. The Bertz CT molecular complexity index is 1310. The molecule has 10 heteroatoms. The van der Waals surface area contributed by atoms with Gasteiger partial charge in [0, 0.05) is 37.8 Å². The number of fused-ring (bicyclic) bond motifs is 1. The smallest absolute Gasteiger partial charge is 0.355 e. The summed E-state index contributed by atoms with van der Waals surface area (Å²) in [6, 6.07) is 14.2. The van der Waals surface area contributed by atoms with Crippen LogP contribution in [0, 0.1) is 6.92 Å². The lowest BCUT2D eigenvalue weighted by Crippen LogP contribution is -2.35. The number of pyridine rings is 1. The van der Waals surface area contributed by atoms with E-state index in [4.69, 9.17) is 0 Å². The Labute approximate surface area is 198 Å². The molecule has 0 N–H and O–H groups in total. The third kappa shape index (κ3) is 4.25. The van der Waals surface area contributed by atoms with Gasteiger partial charge in [-0.3, -0.25) is 4.79 Å². The van der Waals surface area contributed by atoms with Gasteiger partial charge in [0.05, 0.1) is 21.8 Å². The van der Waals surface area contributed by atoms with Gasteiger partial charge in [0.25, 0.3) is 5.91 Å². The van der Waals surface area contributed by atoms with Crippen LogP contribution in [0.4, 0.5) is 19.0 Å². The predicted molar refractivity (Wildman–Crippen MR) is 126 cm³/mol. The van der Waals surface area contributed by atoms with Crippen LogP contribution in [0.2, 0.25) is 0 Å². The molecule has 0 unspecified atom stereocenters. The molecule has 6 nitrogen and oxygen atoms in total. The Hall–Kier alpha value is -3.40. The Kier molecular flexibility index (Phi) is 5.76. The van der Waals surface area contributed by atoms with Gasteiger partial charge in [-0.25, -0.2) is 9.67 Å². The second-order valence-corrected chi connectivity index (χ2v) is 9.23. The summed E-state index contributed by atoms with van der Waals surface area (Å²) >= 11 is 1.43. The number of hydrogen-bond acceptors (Lipinski definition) is 5. The van der Waals surface area contributed by atoms with Crippen molar-refractivity contribution in [3.8, 4) is 5.69 Å². The minimum Gasteiger partial charge on any atom is -0.355 e. The highest BCUT2D eigenvalue weighted by Crippen LogP contribution is 2.32. The molecule has 1 aliphatic rings. The van der Waals surface area contributed by atoms with Crippen LogP contribution < -0.4 is 4.90 Å². The lowest BCUT2D eigenvalue weighted by molar-refractivity contribution is -0.137. The van der Waals surface area contributed by atoms with E-state index in [9.17, 15) is 18.0 Å². The Morgan fingerprint density at radius 3 is 2.53 bits per heavy atom. The van der Waals surface area contributed by atoms with Crippen molar-refractivity contribution in [1.29, 1.82) is 0 Å². The van der Waals surface area contributed by atoms with E-state index < -0.39 is 11.7 Å². The average molecular weight is 486 g/mol. The largest absolute Gasteiger partial charge is 0.417 e. The summed E-state index contributed by atoms with van der Waals surface area (Å²) in [7, 11) is 0. The van der Waals surface area contributed by atoms with E-state index in [0.717, 1.165) is 33.9 Å². The number of carbonyl (C=O) groups excluding carboxylic acids is 1. The summed E-state index contributed by atoms with van der Waals surface area (Å²) in [5.74, 6) is 0.449. The van der Waals surface area contributed by atoms with E-state index in [-0.39, 0.29) is 5.91 Å². The molecule has 4 aromatic rings. The maximum atomic E-state index is 13.3. The van der Waals surface area contributed by atoms with E-state index in [1.54, 1.807) is 0 Å². The first kappa shape index (κ1) is 22.4. The average Bonchev–Trinajstić information content (AvgIpc) is 3.29. The van der Waals surface area contributed by atoms with Gasteiger partial charge in [0.15, 0.2) is 0 Å². The normalized spacial score (nSPS) is 15.1. The van der Waals surface area contributed by atoms with Crippen molar-refractivity contribution in [3.63, 3.8) is 0 Å². The third-order valence-corrected chi connectivity index (χ3v) is 7.04. The zero-order valence-electron chi connectivity index (χ0n) is 18.4. The van der Waals surface area contributed by atoms with Gasteiger partial charge in [0.2, 0.25) is 0 Å². The van der Waals surface area contributed by atoms with Crippen LogP contribution in [0.3, 0.4) is 0 Å². The summed E-state index contributed by atoms with van der Waals surface area (Å²) in [6.07, 6.45) is -2.84. The standard InChI is InChI=1S/C24H22F3N5OS/c1-16-19-14-20(34-23(19)32(29-16)18-6-3-2-4-7-18)22(33)31-11-5-10-30(12-13-31)21-9-8-17(15-28-21)24(25,26)27/h2-4,6-9,14-15H,5,10-13H2,1H3. The number of alkyl halides is 3. The molecular weight excluding hydrogens is 463 g/mol. The maximum absolute atomic E-state index is 13.3. The monoisotopic (exact) mass is 485 g/mol. The minimum atomic E-state index is -4.41. The van der Waals surface area contributed by atoms with Crippen molar-refractivity contribution in [2.45, 2.75) is 19.5 Å². The molecule has 0 saturated carbocycles. The van der Waals surface area contributed by atoms with E-state index in [1.807, 2.05) is 57.8 Å². The molecule has 0 aliphatic carbocycles. The quantitative estimate of drug-likeness (QED) is 0.402. The van der Waals surface area contributed by atoms with E-state index in [0.29, 0.717) is 43.3 Å². The highest BCUT2D eigenvalue weighted by Gasteiger charge is 2.31. The summed E-state index contributed by atoms with van der Waals surface area (Å²) in [6.45, 7) is 4.11. The first-order valence-electron chi connectivity index (χ1n) is 10.9. The lowest BCUT2D eigenvalue weighted by Gasteiger charge is -2.23. The topological polar surface area (TPSA) is 54.3 Å². The summed E-state index contributed by atoms with van der Waals surface area (Å²) in [5.41, 5.74) is 1.04. The van der Waals surface area contributed by atoms with Gasteiger partial charge in [0.1, 0.15) is 10.6 Å². The summed E-state index contributed by atoms with van der Waals surface area (Å²) in [4.78, 5) is 22.6. The molecule has 1 aromatic carbocycles. The fraction of sp³-hybridized carbons (Fsp3) is 0.292. The van der Waals surface area contributed by atoms with Gasteiger partial charge in [-0.15, -0.1) is 11.3 Å². The number of nitrogens with zero attached hydrogens (tertiary/aromatic N) is 5. The number of thiophene rings is 1. The second kappa shape index (κ2) is 8.75. The van der Waals surface area contributed by atoms with Crippen molar-refractivity contribution in [2.24, 2.45) is 0 Å². The summed E-state index contributed by atoms with van der Waals surface area (Å²) < 4.78 is 40.3. The number of para-hydroxylation sites is 1. The van der Waals surface area contributed by atoms with Crippen LogP contribution in [0.25, 0.3) is 15.9 Å². The van der Waals surface area contributed by atoms with E-state index >= 15 is 0 Å². The Morgan fingerprint density at radius 1 is 1.03 bits per heavy atom. The van der Waals surface area contributed by atoms with Crippen molar-refractivity contribution < 1.29 is 18.0 Å². The Balaban J connectivity index is 1.33. The number of hydrogen-bond donors (Lipinski definition) is 0. The Morgan fingerprint density at radius 2 is 1.82 bits per heavy atom. The van der Waals surface area contributed by atoms with Gasteiger partial charge < -0.3 is 9.80 Å². The maximum Gasteiger partial charge on any atom is 0.417 e. The molecule has 176 valence electrons. The number of rotatable bonds is 3. The van der Waals surface area contributed by atoms with Crippen LogP contribution in [0.5, 0.6) is 0 Å². The number of carbonyl (C=O) groups is 1. The molecule has 4 heterocycles. The molecule has 1 fully saturated rings. The molecule has 5 rings (SSSR count). The SMILES string of the molecule is Cc1nn(-c2ccccc2)c2sc(C(=O)N3CCCN(c4ccc(C(F)(F)F)cn4)CC3)cc12. The minimum absolute atomic E-state index is 0.0394. The molecule has 1 amide bonds. The lowest BCUT2D eigenvalue weighted by atomic mass is 10.2. The fourth-order valence-corrected chi connectivity index (χ4v) is 5.29. The van der Waals surface area contributed by atoms with Gasteiger partial charge >= 0.3 is 6.18 Å². The number of halogens is 3. The van der Waals surface area contributed by atoms with Gasteiger partial charge in [-0.2, -0.15) is 18.3 Å². The van der Waals surface area contributed by atoms with Crippen LogP contribution in [-0.2, 0) is 6.18 Å². The first-order chi connectivity index (χ1) is 16.3. The molecule has 0 radical (unpaired) electrons. The van der Waals surface area contributed by atoms with Crippen LogP contribution >= 0.6 is 11.3 Å².